The highest BCUT2D eigenvalue weighted by Gasteiger charge is 2.38. The maximum Gasteiger partial charge on any atom is 0.418 e. The van der Waals surface area contributed by atoms with Gasteiger partial charge in [-0.05, 0) is 30.7 Å². The van der Waals surface area contributed by atoms with Gasteiger partial charge in [-0.15, -0.1) is 0 Å². The minimum atomic E-state index is -4.45. The van der Waals surface area contributed by atoms with E-state index in [4.69, 9.17) is 4.74 Å². The molecule has 1 saturated heterocycles. The Morgan fingerprint density at radius 2 is 2.00 bits per heavy atom. The third kappa shape index (κ3) is 4.09. The van der Waals surface area contributed by atoms with Crippen molar-refractivity contribution >= 4 is 29.0 Å². The van der Waals surface area contributed by atoms with Gasteiger partial charge in [-0.3, -0.25) is 4.99 Å². The van der Waals surface area contributed by atoms with Crippen molar-refractivity contribution in [1.29, 1.82) is 0 Å². The molecule has 0 radical (unpaired) electrons. The highest BCUT2D eigenvalue weighted by molar-refractivity contribution is 6.01. The molecular weight excluding hydrogens is 381 g/mol. The summed E-state index contributed by atoms with van der Waals surface area (Å²) in [5.74, 6) is 0. The van der Waals surface area contributed by atoms with Gasteiger partial charge in [-0.25, -0.2) is 0 Å². The lowest BCUT2D eigenvalue weighted by Crippen LogP contribution is -2.51. The quantitative estimate of drug-likeness (QED) is 0.680. The molecule has 0 bridgehead atoms. The number of fused-ring (bicyclic) bond motifs is 2. The number of methoxy groups -OCH3 is 1. The second-order valence-corrected chi connectivity index (χ2v) is 7.20. The molecular formula is C21H23F3N4O. The van der Waals surface area contributed by atoms with Crippen LogP contribution >= 0.6 is 0 Å². The number of ether oxygens (including phenoxy) is 1. The average Bonchev–Trinajstić information content (AvgIpc) is 2.90. The standard InChI is InChI=1S/C21H23F3N4O/c1-29-11-8-14-13-28(10-9-25-14)20-15-12-26-18-4-2-3-5-19(18)27-17(15)7-6-16(20)21(22,23)24/h2-7,12,14,25,27H,8-11,13H2,1H3/t14-/m0/s1. The first-order valence-electron chi connectivity index (χ1n) is 9.59. The van der Waals surface area contributed by atoms with Gasteiger partial charge in [0, 0.05) is 56.9 Å². The van der Waals surface area contributed by atoms with Crippen LogP contribution in [-0.2, 0) is 10.9 Å². The minimum absolute atomic E-state index is 0.0634. The number of nitrogens with zero attached hydrogens (tertiary/aromatic N) is 2. The lowest BCUT2D eigenvalue weighted by molar-refractivity contribution is -0.137. The zero-order chi connectivity index (χ0) is 20.4. The largest absolute Gasteiger partial charge is 0.418 e. The van der Waals surface area contributed by atoms with E-state index < -0.39 is 11.7 Å². The van der Waals surface area contributed by atoms with E-state index in [0.717, 1.165) is 18.2 Å². The van der Waals surface area contributed by atoms with Crippen LogP contribution in [0.2, 0.25) is 0 Å². The Labute approximate surface area is 167 Å². The van der Waals surface area contributed by atoms with Crippen molar-refractivity contribution in [2.75, 3.05) is 43.6 Å². The fourth-order valence-corrected chi connectivity index (χ4v) is 3.87. The summed E-state index contributed by atoms with van der Waals surface area (Å²) in [5, 5.41) is 6.62. The van der Waals surface area contributed by atoms with Gasteiger partial charge in [-0.1, -0.05) is 12.1 Å². The molecule has 2 N–H and O–H groups in total. The van der Waals surface area contributed by atoms with Gasteiger partial charge in [0.1, 0.15) is 0 Å². The molecule has 8 heteroatoms. The summed E-state index contributed by atoms with van der Waals surface area (Å²) in [5.41, 5.74) is 2.09. The van der Waals surface area contributed by atoms with E-state index in [1.807, 2.05) is 29.2 Å². The summed E-state index contributed by atoms with van der Waals surface area (Å²) in [6.45, 7) is 2.14. The molecule has 4 rings (SSSR count). The van der Waals surface area contributed by atoms with Gasteiger partial charge < -0.3 is 20.3 Å². The molecule has 2 aromatic rings. The second kappa shape index (κ2) is 8.04. The number of halogens is 3. The van der Waals surface area contributed by atoms with Gasteiger partial charge in [0.25, 0.3) is 0 Å². The van der Waals surface area contributed by atoms with E-state index in [0.29, 0.717) is 43.2 Å². The smallest absolute Gasteiger partial charge is 0.385 e. The number of anilines is 3. The molecule has 0 unspecified atom stereocenters. The van der Waals surface area contributed by atoms with Gasteiger partial charge in [0.05, 0.1) is 22.6 Å². The van der Waals surface area contributed by atoms with Crippen LogP contribution in [0.1, 0.15) is 17.5 Å². The number of para-hydroxylation sites is 2. The van der Waals surface area contributed by atoms with Crippen LogP contribution in [0.25, 0.3) is 0 Å². The van der Waals surface area contributed by atoms with E-state index in [9.17, 15) is 13.2 Å². The number of piperazine rings is 1. The van der Waals surface area contributed by atoms with Crippen molar-refractivity contribution in [2.45, 2.75) is 18.6 Å². The second-order valence-electron chi connectivity index (χ2n) is 7.20. The number of benzene rings is 2. The maximum absolute atomic E-state index is 13.9. The fraction of sp³-hybridized carbons (Fsp3) is 0.381. The maximum atomic E-state index is 13.9. The number of hydrogen-bond donors (Lipinski definition) is 2. The lowest BCUT2D eigenvalue weighted by Gasteiger charge is -2.37. The van der Waals surface area contributed by atoms with Crippen LogP contribution in [0.3, 0.4) is 0 Å². The molecule has 0 aromatic heterocycles. The monoisotopic (exact) mass is 404 g/mol. The number of alkyl halides is 3. The highest BCUT2D eigenvalue weighted by atomic mass is 19.4. The van der Waals surface area contributed by atoms with E-state index in [2.05, 4.69) is 15.6 Å². The lowest BCUT2D eigenvalue weighted by atomic mass is 10.0. The molecule has 2 aliphatic rings. The molecule has 0 amide bonds. The van der Waals surface area contributed by atoms with Crippen molar-refractivity contribution < 1.29 is 17.9 Å². The van der Waals surface area contributed by atoms with Gasteiger partial charge in [0.2, 0.25) is 0 Å². The van der Waals surface area contributed by atoms with Crippen LogP contribution in [0.4, 0.5) is 35.9 Å². The van der Waals surface area contributed by atoms with E-state index in [1.165, 1.54) is 6.07 Å². The van der Waals surface area contributed by atoms with Gasteiger partial charge in [0.15, 0.2) is 0 Å². The Morgan fingerprint density at radius 1 is 1.17 bits per heavy atom. The number of rotatable bonds is 4. The fourth-order valence-electron chi connectivity index (χ4n) is 3.87. The molecule has 2 aromatic carbocycles. The molecule has 1 atom stereocenters. The van der Waals surface area contributed by atoms with Crippen LogP contribution < -0.4 is 15.5 Å². The normalized spacial score (nSPS) is 18.6. The van der Waals surface area contributed by atoms with Crippen molar-refractivity contribution in [3.05, 3.63) is 47.5 Å². The van der Waals surface area contributed by atoms with Gasteiger partial charge in [-0.2, -0.15) is 13.2 Å². The third-order valence-electron chi connectivity index (χ3n) is 5.27. The third-order valence-corrected chi connectivity index (χ3v) is 5.27. The molecule has 1 fully saturated rings. The molecule has 2 aliphatic heterocycles. The number of nitrogens with one attached hydrogen (secondary N) is 2. The summed E-state index contributed by atoms with van der Waals surface area (Å²) in [7, 11) is 1.62. The van der Waals surface area contributed by atoms with Crippen LogP contribution in [-0.4, -0.2) is 45.6 Å². The average molecular weight is 404 g/mol. The van der Waals surface area contributed by atoms with E-state index in [-0.39, 0.29) is 11.7 Å². The first kappa shape index (κ1) is 19.7. The van der Waals surface area contributed by atoms with Gasteiger partial charge >= 0.3 is 6.18 Å². The predicted molar refractivity (Wildman–Crippen MR) is 109 cm³/mol. The highest BCUT2D eigenvalue weighted by Crippen LogP contribution is 2.43. The predicted octanol–water partition coefficient (Wildman–Crippen LogP) is 4.33. The van der Waals surface area contributed by atoms with Crippen molar-refractivity contribution in [3.63, 3.8) is 0 Å². The Kier molecular flexibility index (Phi) is 5.47. The first-order valence-corrected chi connectivity index (χ1v) is 9.59. The molecule has 2 heterocycles. The molecule has 0 saturated carbocycles. The zero-order valence-electron chi connectivity index (χ0n) is 16.1. The molecule has 0 aliphatic carbocycles. The van der Waals surface area contributed by atoms with Crippen LogP contribution in [0.5, 0.6) is 0 Å². The van der Waals surface area contributed by atoms with Crippen LogP contribution in [0, 0.1) is 0 Å². The summed E-state index contributed by atoms with van der Waals surface area (Å²) >= 11 is 0. The van der Waals surface area contributed by atoms with Crippen molar-refractivity contribution in [3.8, 4) is 0 Å². The first-order chi connectivity index (χ1) is 14.0. The van der Waals surface area contributed by atoms with Crippen molar-refractivity contribution in [2.24, 2.45) is 4.99 Å². The SMILES string of the molecule is COCC[C@H]1CN(c2c(C(F)(F)F)ccc3c2C=Nc2ccccc2N3)CCN1. The summed E-state index contributed by atoms with van der Waals surface area (Å²) in [6, 6.07) is 10.1. The Balaban J connectivity index is 1.78. The molecule has 29 heavy (non-hydrogen) atoms. The summed E-state index contributed by atoms with van der Waals surface area (Å²) in [4.78, 5) is 6.28. The molecule has 154 valence electrons. The minimum Gasteiger partial charge on any atom is -0.385 e. The Hall–Kier alpha value is -2.58. The molecule has 5 nitrogen and oxygen atoms in total. The zero-order valence-corrected chi connectivity index (χ0v) is 16.1. The number of hydrogen-bond acceptors (Lipinski definition) is 5. The van der Waals surface area contributed by atoms with Crippen LogP contribution in [0.15, 0.2) is 41.4 Å². The Bertz CT molecular complexity index is 913. The van der Waals surface area contributed by atoms with E-state index in [1.54, 1.807) is 13.3 Å². The summed E-state index contributed by atoms with van der Waals surface area (Å²) in [6.07, 6.45) is -2.17. The molecule has 0 spiro atoms. The van der Waals surface area contributed by atoms with E-state index >= 15 is 0 Å². The Morgan fingerprint density at radius 3 is 2.79 bits per heavy atom. The number of aliphatic imine (C=N–C) groups is 1. The van der Waals surface area contributed by atoms with Crippen molar-refractivity contribution in [1.82, 2.24) is 5.32 Å². The summed E-state index contributed by atoms with van der Waals surface area (Å²) < 4.78 is 46.9. The topological polar surface area (TPSA) is 48.9 Å².